The molecule has 5 atom stereocenters. The number of aliphatic hydroxyl groups is 1. The van der Waals surface area contributed by atoms with E-state index in [4.69, 9.17) is 0 Å². The van der Waals surface area contributed by atoms with Crippen LogP contribution in [0.25, 0.3) is 0 Å². The first-order chi connectivity index (χ1) is 13.6. The van der Waals surface area contributed by atoms with E-state index >= 15 is 0 Å². The number of carbonyl (C=O) groups is 1. The number of allylic oxidation sites excluding steroid dienone is 2. The summed E-state index contributed by atoms with van der Waals surface area (Å²) < 4.78 is 0. The molecule has 3 fully saturated rings. The Morgan fingerprint density at radius 3 is 2.59 bits per heavy atom. The summed E-state index contributed by atoms with van der Waals surface area (Å²) in [6.07, 6.45) is 6.84. The molecule has 3 aliphatic rings. The molecular formula is C25H42N2O2. The topological polar surface area (TPSA) is 43.8 Å². The van der Waals surface area contributed by atoms with Crippen molar-refractivity contribution in [3.63, 3.8) is 0 Å². The van der Waals surface area contributed by atoms with E-state index in [1.165, 1.54) is 11.1 Å². The van der Waals surface area contributed by atoms with Crippen LogP contribution in [0.3, 0.4) is 0 Å². The minimum absolute atomic E-state index is 0.0155. The van der Waals surface area contributed by atoms with E-state index in [2.05, 4.69) is 46.2 Å². The van der Waals surface area contributed by atoms with Gasteiger partial charge in [0.2, 0.25) is 5.91 Å². The summed E-state index contributed by atoms with van der Waals surface area (Å²) in [7, 11) is 2.11. The van der Waals surface area contributed by atoms with Gasteiger partial charge in [-0.1, -0.05) is 38.5 Å². The van der Waals surface area contributed by atoms with E-state index in [0.717, 1.165) is 58.3 Å². The second-order valence-electron chi connectivity index (χ2n) is 10.7. The van der Waals surface area contributed by atoms with E-state index in [0.29, 0.717) is 23.7 Å². The SMILES string of the molecule is C=C1CCC2C(C(C)CC(O)C2(C)C)C1CCC(C)=CC(=O)N1CCN(C)CC1. The summed E-state index contributed by atoms with van der Waals surface area (Å²) >= 11 is 0. The number of nitrogens with zero attached hydrogens (tertiary/aromatic N) is 2. The first-order valence-electron chi connectivity index (χ1n) is 11.6. The van der Waals surface area contributed by atoms with Crippen LogP contribution < -0.4 is 0 Å². The smallest absolute Gasteiger partial charge is 0.246 e. The normalized spacial score (nSPS) is 36.1. The number of likely N-dealkylation sites (N-methyl/N-ethyl adjacent to an activating group) is 1. The van der Waals surface area contributed by atoms with Crippen LogP contribution in [0.4, 0.5) is 0 Å². The van der Waals surface area contributed by atoms with Crippen LogP contribution in [0, 0.1) is 29.1 Å². The third-order valence-electron chi connectivity index (χ3n) is 8.33. The van der Waals surface area contributed by atoms with Gasteiger partial charge in [-0.25, -0.2) is 0 Å². The second-order valence-corrected chi connectivity index (χ2v) is 10.7. The molecule has 3 rings (SSSR count). The molecule has 1 amide bonds. The van der Waals surface area contributed by atoms with Gasteiger partial charge in [-0.15, -0.1) is 0 Å². The zero-order chi connectivity index (χ0) is 21.3. The molecule has 1 N–H and O–H groups in total. The lowest BCUT2D eigenvalue weighted by Crippen LogP contribution is -2.52. The van der Waals surface area contributed by atoms with Crippen LogP contribution in [-0.2, 0) is 4.79 Å². The highest BCUT2D eigenvalue weighted by molar-refractivity contribution is 5.88. The lowest BCUT2D eigenvalue weighted by Gasteiger charge is -2.55. The predicted molar refractivity (Wildman–Crippen MR) is 119 cm³/mol. The number of hydrogen-bond acceptors (Lipinski definition) is 3. The fourth-order valence-corrected chi connectivity index (χ4v) is 6.17. The molecule has 2 aliphatic carbocycles. The Bertz CT molecular complexity index is 645. The molecular weight excluding hydrogens is 360 g/mol. The lowest BCUT2D eigenvalue weighted by molar-refractivity contribution is -0.127. The highest BCUT2D eigenvalue weighted by atomic mass is 16.3. The molecule has 5 unspecified atom stereocenters. The predicted octanol–water partition coefficient (Wildman–Crippen LogP) is 4.11. The van der Waals surface area contributed by atoms with Crippen molar-refractivity contribution in [3.8, 4) is 0 Å². The van der Waals surface area contributed by atoms with Crippen molar-refractivity contribution in [2.75, 3.05) is 33.2 Å². The van der Waals surface area contributed by atoms with E-state index in [1.54, 1.807) is 0 Å². The van der Waals surface area contributed by atoms with Crippen LogP contribution in [-0.4, -0.2) is 60.1 Å². The number of rotatable bonds is 4. The third-order valence-corrected chi connectivity index (χ3v) is 8.33. The Labute approximate surface area is 178 Å². The van der Waals surface area contributed by atoms with Gasteiger partial charge >= 0.3 is 0 Å². The van der Waals surface area contributed by atoms with Gasteiger partial charge in [0, 0.05) is 32.3 Å². The third kappa shape index (κ3) is 4.80. The van der Waals surface area contributed by atoms with Crippen LogP contribution in [0.2, 0.25) is 0 Å². The Morgan fingerprint density at radius 2 is 1.93 bits per heavy atom. The van der Waals surface area contributed by atoms with Gasteiger partial charge < -0.3 is 14.9 Å². The number of aliphatic hydroxyl groups excluding tert-OH is 1. The highest BCUT2D eigenvalue weighted by Crippen LogP contribution is 2.56. The van der Waals surface area contributed by atoms with Crippen LogP contribution >= 0.6 is 0 Å². The van der Waals surface area contributed by atoms with Crippen molar-refractivity contribution < 1.29 is 9.90 Å². The molecule has 0 aromatic rings. The molecule has 4 heteroatoms. The quantitative estimate of drug-likeness (QED) is 0.568. The van der Waals surface area contributed by atoms with Gasteiger partial charge in [0.1, 0.15) is 0 Å². The van der Waals surface area contributed by atoms with Gasteiger partial charge in [0.25, 0.3) is 0 Å². The maximum Gasteiger partial charge on any atom is 0.246 e. The van der Waals surface area contributed by atoms with Gasteiger partial charge in [-0.3, -0.25) is 4.79 Å². The van der Waals surface area contributed by atoms with Gasteiger partial charge in [0.15, 0.2) is 0 Å². The molecule has 1 heterocycles. The Kier molecular flexibility index (Phi) is 6.95. The first-order valence-corrected chi connectivity index (χ1v) is 11.6. The number of hydrogen-bond donors (Lipinski definition) is 1. The van der Waals surface area contributed by atoms with Crippen molar-refractivity contribution >= 4 is 5.91 Å². The van der Waals surface area contributed by atoms with Crippen LogP contribution in [0.1, 0.15) is 59.8 Å². The summed E-state index contributed by atoms with van der Waals surface area (Å²) in [6.45, 7) is 17.0. The summed E-state index contributed by atoms with van der Waals surface area (Å²) in [4.78, 5) is 16.9. The van der Waals surface area contributed by atoms with Crippen LogP contribution in [0.15, 0.2) is 23.8 Å². The van der Waals surface area contributed by atoms with E-state index < -0.39 is 0 Å². The zero-order valence-electron chi connectivity index (χ0n) is 19.3. The number of fused-ring (bicyclic) bond motifs is 1. The van der Waals surface area contributed by atoms with E-state index in [1.807, 2.05) is 11.0 Å². The van der Waals surface area contributed by atoms with Gasteiger partial charge in [-0.05, 0) is 75.2 Å². The molecule has 0 aromatic carbocycles. The molecule has 1 saturated heterocycles. The van der Waals surface area contributed by atoms with E-state index in [-0.39, 0.29) is 17.4 Å². The summed E-state index contributed by atoms with van der Waals surface area (Å²) in [5, 5.41) is 10.7. The summed E-state index contributed by atoms with van der Waals surface area (Å²) in [5.41, 5.74) is 2.56. The molecule has 0 spiro atoms. The van der Waals surface area contributed by atoms with Gasteiger partial charge in [0.05, 0.1) is 6.10 Å². The highest BCUT2D eigenvalue weighted by Gasteiger charge is 2.51. The van der Waals surface area contributed by atoms with Gasteiger partial charge in [-0.2, -0.15) is 0 Å². The average molecular weight is 403 g/mol. The lowest BCUT2D eigenvalue weighted by atomic mass is 9.50. The Morgan fingerprint density at radius 1 is 1.28 bits per heavy atom. The minimum atomic E-state index is -0.200. The standard InChI is InChI=1S/C25H42N2O2/c1-17(15-23(29)27-13-11-26(6)12-14-27)7-9-20-18(2)8-10-21-24(20)19(3)16-22(28)25(21,4)5/h15,19-22,24,28H,2,7-14,16H2,1,3-6H3. The molecule has 4 nitrogen and oxygen atoms in total. The first kappa shape index (κ1) is 22.6. The maximum atomic E-state index is 12.6. The molecule has 0 aromatic heterocycles. The monoisotopic (exact) mass is 402 g/mol. The van der Waals surface area contributed by atoms with Crippen molar-refractivity contribution in [2.24, 2.45) is 29.1 Å². The van der Waals surface area contributed by atoms with Crippen molar-refractivity contribution in [1.82, 2.24) is 9.80 Å². The fourth-order valence-electron chi connectivity index (χ4n) is 6.17. The Balaban J connectivity index is 1.63. The maximum absolute atomic E-state index is 12.6. The molecule has 29 heavy (non-hydrogen) atoms. The van der Waals surface area contributed by atoms with Crippen molar-refractivity contribution in [2.45, 2.75) is 65.9 Å². The molecule has 164 valence electrons. The fraction of sp³-hybridized carbons (Fsp3) is 0.800. The molecule has 0 radical (unpaired) electrons. The number of piperazine rings is 1. The molecule has 0 bridgehead atoms. The largest absolute Gasteiger partial charge is 0.393 e. The summed E-state index contributed by atoms with van der Waals surface area (Å²) in [6, 6.07) is 0. The minimum Gasteiger partial charge on any atom is -0.393 e. The average Bonchev–Trinajstić information content (AvgIpc) is 2.65. The van der Waals surface area contributed by atoms with Crippen molar-refractivity contribution in [1.29, 1.82) is 0 Å². The Hall–Kier alpha value is -1.13. The molecule has 1 aliphatic heterocycles. The number of carbonyl (C=O) groups excluding carboxylic acids is 1. The van der Waals surface area contributed by atoms with Crippen LogP contribution in [0.5, 0.6) is 0 Å². The van der Waals surface area contributed by atoms with E-state index in [9.17, 15) is 9.90 Å². The zero-order valence-corrected chi connectivity index (χ0v) is 19.3. The number of amides is 1. The summed E-state index contributed by atoms with van der Waals surface area (Å²) in [5.74, 6) is 2.38. The molecule has 2 saturated carbocycles. The second kappa shape index (κ2) is 8.93. The van der Waals surface area contributed by atoms with Crippen molar-refractivity contribution in [3.05, 3.63) is 23.8 Å².